The molecule has 2 aromatic rings. The van der Waals surface area contributed by atoms with Gasteiger partial charge in [0, 0.05) is 14.6 Å². The van der Waals surface area contributed by atoms with Crippen LogP contribution in [-0.2, 0) is 4.79 Å². The first-order valence-corrected chi connectivity index (χ1v) is 12.3. The summed E-state index contributed by atoms with van der Waals surface area (Å²) in [6.45, 7) is 0. The lowest BCUT2D eigenvalue weighted by molar-refractivity contribution is -0.115. The molecule has 0 unspecified atom stereocenters. The highest BCUT2D eigenvalue weighted by molar-refractivity contribution is 9.10. The van der Waals surface area contributed by atoms with Gasteiger partial charge in [0.2, 0.25) is 5.91 Å². The third-order valence-electron chi connectivity index (χ3n) is 5.09. The molecular weight excluding hydrogens is 526 g/mol. The van der Waals surface area contributed by atoms with Crippen LogP contribution < -0.4 is 11.1 Å². The van der Waals surface area contributed by atoms with Crippen LogP contribution in [0.15, 0.2) is 79.3 Å². The predicted molar refractivity (Wildman–Crippen MR) is 132 cm³/mol. The highest BCUT2D eigenvalue weighted by Gasteiger charge is 2.30. The Hall–Kier alpha value is -1.83. The second-order valence-electron chi connectivity index (χ2n) is 7.24. The lowest BCUT2D eigenvalue weighted by Crippen LogP contribution is -2.32. The molecule has 1 aliphatic carbocycles. The zero-order valence-electron chi connectivity index (χ0n) is 16.2. The molecule has 154 valence electrons. The molecule has 1 aliphatic heterocycles. The number of allylic oxidation sites excluding steroid dienone is 1. The number of halogens is 2. The van der Waals surface area contributed by atoms with Gasteiger partial charge in [0.25, 0.3) is 0 Å². The molecular formula is C23H21Br2N3OS. The van der Waals surface area contributed by atoms with Gasteiger partial charge in [0.15, 0.2) is 5.17 Å². The van der Waals surface area contributed by atoms with Crippen LogP contribution >= 0.6 is 43.6 Å². The normalized spacial score (nSPS) is 19.9. The van der Waals surface area contributed by atoms with Gasteiger partial charge in [0.1, 0.15) is 6.04 Å². The Kier molecular flexibility index (Phi) is 6.80. The first-order chi connectivity index (χ1) is 14.5. The Bertz CT molecular complexity index is 1040. The Morgan fingerprint density at radius 1 is 1.10 bits per heavy atom. The molecule has 1 amide bonds. The summed E-state index contributed by atoms with van der Waals surface area (Å²) in [4.78, 5) is 16.3. The summed E-state index contributed by atoms with van der Waals surface area (Å²) in [5, 5.41) is 4.24. The molecule has 2 aliphatic rings. The highest BCUT2D eigenvalue weighted by Crippen LogP contribution is 2.41. The number of nitrogens with one attached hydrogen (secondary N) is 1. The lowest BCUT2D eigenvalue weighted by Gasteiger charge is -2.33. The van der Waals surface area contributed by atoms with E-state index in [0.29, 0.717) is 0 Å². The van der Waals surface area contributed by atoms with Gasteiger partial charge < -0.3 is 11.1 Å². The molecule has 0 radical (unpaired) electrons. The van der Waals surface area contributed by atoms with Crippen molar-refractivity contribution in [1.82, 2.24) is 5.32 Å². The average Bonchev–Trinajstić information content (AvgIpc) is 2.74. The fourth-order valence-electron chi connectivity index (χ4n) is 3.73. The standard InChI is InChI=1S/C23H21Br2N3OS/c24-17-8-4-14(5-9-17)12-16-2-1-3-19-21(15-6-10-18(25)11-7-15)27-23(28-22(16)19)30-13-20(26)29/h4-12,21H,1-3,13H2,(H2,26,29)(H,27,28)/b16-12+/t21-/m0/s1. The number of amidine groups is 1. The molecule has 4 nitrogen and oxygen atoms in total. The number of nitrogens with zero attached hydrogens (tertiary/aromatic N) is 1. The molecule has 0 saturated heterocycles. The maximum absolute atomic E-state index is 11.3. The largest absolute Gasteiger partial charge is 0.369 e. The summed E-state index contributed by atoms with van der Waals surface area (Å²) < 4.78 is 2.11. The van der Waals surface area contributed by atoms with Crippen LogP contribution in [0.2, 0.25) is 0 Å². The smallest absolute Gasteiger partial charge is 0.227 e. The van der Waals surface area contributed by atoms with Crippen molar-refractivity contribution < 1.29 is 4.79 Å². The van der Waals surface area contributed by atoms with E-state index in [0.717, 1.165) is 50.2 Å². The van der Waals surface area contributed by atoms with Crippen molar-refractivity contribution in [2.45, 2.75) is 25.3 Å². The molecule has 30 heavy (non-hydrogen) atoms. The molecule has 4 rings (SSSR count). The number of benzene rings is 2. The first-order valence-electron chi connectivity index (χ1n) is 9.70. The summed E-state index contributed by atoms with van der Waals surface area (Å²) in [5.74, 6) is -0.147. The van der Waals surface area contributed by atoms with E-state index < -0.39 is 0 Å². The van der Waals surface area contributed by atoms with E-state index in [1.54, 1.807) is 0 Å². The number of carbonyl (C=O) groups excluding carboxylic acids is 1. The zero-order chi connectivity index (χ0) is 21.1. The third kappa shape index (κ3) is 5.07. The second kappa shape index (κ2) is 9.54. The van der Waals surface area contributed by atoms with Crippen molar-refractivity contribution in [2.24, 2.45) is 10.7 Å². The van der Waals surface area contributed by atoms with Crippen molar-refractivity contribution in [3.8, 4) is 0 Å². The van der Waals surface area contributed by atoms with E-state index in [1.165, 1.54) is 22.9 Å². The third-order valence-corrected chi connectivity index (χ3v) is 7.06. The molecule has 7 heteroatoms. The molecule has 0 aromatic heterocycles. The zero-order valence-corrected chi connectivity index (χ0v) is 20.2. The van der Waals surface area contributed by atoms with Gasteiger partial charge in [-0.3, -0.25) is 4.79 Å². The van der Waals surface area contributed by atoms with Crippen LogP contribution in [0.3, 0.4) is 0 Å². The van der Waals surface area contributed by atoms with E-state index >= 15 is 0 Å². The fraction of sp³-hybridized carbons (Fsp3) is 0.217. The van der Waals surface area contributed by atoms with Crippen molar-refractivity contribution in [3.05, 3.63) is 85.4 Å². The minimum atomic E-state index is -0.348. The van der Waals surface area contributed by atoms with E-state index in [1.807, 2.05) is 12.1 Å². The van der Waals surface area contributed by atoms with Gasteiger partial charge in [0.05, 0.1) is 5.75 Å². The Labute approximate surface area is 197 Å². The van der Waals surface area contributed by atoms with Gasteiger partial charge in [-0.1, -0.05) is 67.9 Å². The van der Waals surface area contributed by atoms with Crippen molar-refractivity contribution in [2.75, 3.05) is 5.75 Å². The Balaban J connectivity index is 1.74. The number of rotatable bonds is 4. The van der Waals surface area contributed by atoms with Crippen LogP contribution in [0, 0.1) is 0 Å². The first kappa shape index (κ1) is 21.4. The SMILES string of the molecule is NC(=O)CSC1=N[C@@H](c2ccc(Br)cc2)C2=C(N1)/C(=C/c1ccc(Br)cc1)CCC2. The Morgan fingerprint density at radius 3 is 2.43 bits per heavy atom. The summed E-state index contributed by atoms with van der Waals surface area (Å²) in [5.41, 5.74) is 11.4. The second-order valence-corrected chi connectivity index (χ2v) is 10.0. The number of thioether (sulfide) groups is 1. The van der Waals surface area contributed by atoms with Gasteiger partial charge in [-0.2, -0.15) is 0 Å². The monoisotopic (exact) mass is 545 g/mol. The number of amides is 1. The molecule has 2 aromatic carbocycles. The molecule has 1 atom stereocenters. The van der Waals surface area contributed by atoms with Gasteiger partial charge >= 0.3 is 0 Å². The number of primary amides is 1. The van der Waals surface area contributed by atoms with Gasteiger partial charge in [-0.15, -0.1) is 0 Å². The molecule has 3 N–H and O–H groups in total. The van der Waals surface area contributed by atoms with E-state index in [-0.39, 0.29) is 17.7 Å². The maximum atomic E-state index is 11.3. The summed E-state index contributed by atoms with van der Waals surface area (Å²) in [6, 6.07) is 16.6. The highest BCUT2D eigenvalue weighted by atomic mass is 79.9. The maximum Gasteiger partial charge on any atom is 0.227 e. The molecule has 1 heterocycles. The predicted octanol–water partition coefficient (Wildman–Crippen LogP) is 5.95. The number of carbonyl (C=O) groups is 1. The summed E-state index contributed by atoms with van der Waals surface area (Å²) >= 11 is 8.37. The van der Waals surface area contributed by atoms with Crippen molar-refractivity contribution in [3.63, 3.8) is 0 Å². The van der Waals surface area contributed by atoms with Crippen LogP contribution in [0.4, 0.5) is 0 Å². The van der Waals surface area contributed by atoms with E-state index in [2.05, 4.69) is 79.7 Å². The van der Waals surface area contributed by atoms with E-state index in [4.69, 9.17) is 10.7 Å². The number of hydrogen-bond donors (Lipinski definition) is 2. The number of hydrogen-bond acceptors (Lipinski definition) is 4. The quantitative estimate of drug-likeness (QED) is 0.497. The molecule has 0 spiro atoms. The lowest BCUT2D eigenvalue weighted by atomic mass is 9.84. The molecule has 0 saturated carbocycles. The van der Waals surface area contributed by atoms with Crippen LogP contribution in [0.1, 0.15) is 36.4 Å². The van der Waals surface area contributed by atoms with Crippen LogP contribution in [-0.4, -0.2) is 16.8 Å². The Morgan fingerprint density at radius 2 is 1.77 bits per heavy atom. The van der Waals surface area contributed by atoms with Gasteiger partial charge in [-0.05, 0) is 71.9 Å². The van der Waals surface area contributed by atoms with Crippen molar-refractivity contribution >= 4 is 60.8 Å². The van der Waals surface area contributed by atoms with Crippen LogP contribution in [0.5, 0.6) is 0 Å². The number of nitrogens with two attached hydrogens (primary N) is 1. The van der Waals surface area contributed by atoms with E-state index in [9.17, 15) is 4.79 Å². The molecule has 0 bridgehead atoms. The van der Waals surface area contributed by atoms with Crippen molar-refractivity contribution in [1.29, 1.82) is 0 Å². The minimum Gasteiger partial charge on any atom is -0.369 e. The number of aliphatic imine (C=N–C) groups is 1. The fourth-order valence-corrected chi connectivity index (χ4v) is 4.89. The molecule has 0 fully saturated rings. The minimum absolute atomic E-state index is 0.0571. The summed E-state index contributed by atoms with van der Waals surface area (Å²) in [7, 11) is 0. The van der Waals surface area contributed by atoms with Crippen LogP contribution in [0.25, 0.3) is 6.08 Å². The average molecular weight is 547 g/mol. The summed E-state index contributed by atoms with van der Waals surface area (Å²) in [6.07, 6.45) is 5.34. The van der Waals surface area contributed by atoms with Gasteiger partial charge in [-0.25, -0.2) is 4.99 Å². The topological polar surface area (TPSA) is 67.5 Å².